The Balaban J connectivity index is 1.49. The molecule has 2 aliphatic rings. The van der Waals surface area contributed by atoms with E-state index in [0.29, 0.717) is 5.92 Å². The van der Waals surface area contributed by atoms with Crippen LogP contribution in [0.1, 0.15) is 45.4 Å². The molecule has 0 spiro atoms. The molecule has 7 nitrogen and oxygen atoms in total. The van der Waals surface area contributed by atoms with Crippen molar-refractivity contribution in [3.05, 3.63) is 24.2 Å². The number of nitrogens with zero attached hydrogens (tertiary/aromatic N) is 4. The van der Waals surface area contributed by atoms with Gasteiger partial charge in [0.2, 0.25) is 0 Å². The van der Waals surface area contributed by atoms with Crippen LogP contribution in [-0.4, -0.2) is 92.7 Å². The van der Waals surface area contributed by atoms with Crippen molar-refractivity contribution in [2.45, 2.75) is 39.7 Å². The number of hydrogen-bond acceptors (Lipinski definition) is 5. The smallest absolute Gasteiger partial charge is 0.191 e. The summed E-state index contributed by atoms with van der Waals surface area (Å²) in [5.74, 6) is 2.50. The number of furan rings is 1. The molecule has 2 saturated heterocycles. The molecule has 3 rings (SSSR count). The first kappa shape index (κ1) is 23.1. The van der Waals surface area contributed by atoms with Gasteiger partial charge in [-0.15, -0.1) is 0 Å². The van der Waals surface area contributed by atoms with Crippen LogP contribution < -0.4 is 10.6 Å². The minimum Gasteiger partial charge on any atom is -0.468 e. The van der Waals surface area contributed by atoms with Gasteiger partial charge in [-0.25, -0.2) is 0 Å². The maximum Gasteiger partial charge on any atom is 0.191 e. The van der Waals surface area contributed by atoms with Gasteiger partial charge in [-0.1, -0.05) is 13.8 Å². The van der Waals surface area contributed by atoms with E-state index in [0.717, 1.165) is 51.0 Å². The van der Waals surface area contributed by atoms with E-state index < -0.39 is 0 Å². The second kappa shape index (κ2) is 12.3. The SMILES string of the molecule is CCNC(=NCC(C)CN1CCN(CC)CC1)NCC(c1ccco1)N1CCCC1. The molecule has 0 aliphatic carbocycles. The van der Waals surface area contributed by atoms with Gasteiger partial charge < -0.3 is 24.9 Å². The molecule has 2 N–H and O–H groups in total. The molecule has 2 unspecified atom stereocenters. The first-order valence-electron chi connectivity index (χ1n) is 11.9. The highest BCUT2D eigenvalue weighted by molar-refractivity contribution is 5.79. The Kier molecular flexibility index (Phi) is 9.49. The molecular weight excluding hydrogens is 376 g/mol. The molecule has 0 bridgehead atoms. The third-order valence-corrected chi connectivity index (χ3v) is 6.30. The van der Waals surface area contributed by atoms with E-state index in [2.05, 4.69) is 52.2 Å². The molecule has 0 saturated carbocycles. The van der Waals surface area contributed by atoms with E-state index in [1.54, 1.807) is 6.26 Å². The van der Waals surface area contributed by atoms with Gasteiger partial charge in [0.25, 0.3) is 0 Å². The minimum absolute atomic E-state index is 0.263. The second-order valence-electron chi connectivity index (χ2n) is 8.71. The average molecular weight is 419 g/mol. The number of piperazine rings is 1. The van der Waals surface area contributed by atoms with Crippen molar-refractivity contribution < 1.29 is 4.42 Å². The first-order chi connectivity index (χ1) is 14.7. The minimum atomic E-state index is 0.263. The van der Waals surface area contributed by atoms with Crippen LogP contribution >= 0.6 is 0 Å². The number of likely N-dealkylation sites (N-methyl/N-ethyl adjacent to an activating group) is 1. The largest absolute Gasteiger partial charge is 0.468 e. The first-order valence-corrected chi connectivity index (χ1v) is 11.9. The summed E-state index contributed by atoms with van der Waals surface area (Å²) in [6.07, 6.45) is 4.32. The Bertz CT molecular complexity index is 605. The van der Waals surface area contributed by atoms with E-state index in [1.807, 2.05) is 6.07 Å². The summed E-state index contributed by atoms with van der Waals surface area (Å²) in [6, 6.07) is 4.34. The molecule has 0 radical (unpaired) electrons. The lowest BCUT2D eigenvalue weighted by molar-refractivity contribution is 0.125. The van der Waals surface area contributed by atoms with E-state index in [9.17, 15) is 0 Å². The number of hydrogen-bond donors (Lipinski definition) is 2. The molecule has 2 atom stereocenters. The van der Waals surface area contributed by atoms with Crippen molar-refractivity contribution in [3.63, 3.8) is 0 Å². The van der Waals surface area contributed by atoms with Crippen molar-refractivity contribution in [3.8, 4) is 0 Å². The van der Waals surface area contributed by atoms with Crippen LogP contribution in [0.2, 0.25) is 0 Å². The number of guanidine groups is 1. The molecule has 7 heteroatoms. The van der Waals surface area contributed by atoms with Gasteiger partial charge in [0.15, 0.2) is 5.96 Å². The highest BCUT2D eigenvalue weighted by Gasteiger charge is 2.25. The lowest BCUT2D eigenvalue weighted by Gasteiger charge is -2.35. The van der Waals surface area contributed by atoms with Crippen LogP contribution in [0.15, 0.2) is 27.8 Å². The molecule has 1 aromatic rings. The van der Waals surface area contributed by atoms with Crippen molar-refractivity contribution in [2.24, 2.45) is 10.9 Å². The zero-order chi connectivity index (χ0) is 21.2. The number of aliphatic imine (C=N–C) groups is 1. The van der Waals surface area contributed by atoms with Gasteiger partial charge in [0.1, 0.15) is 5.76 Å². The predicted octanol–water partition coefficient (Wildman–Crippen LogP) is 2.25. The molecular formula is C23H42N6O. The topological polar surface area (TPSA) is 59.3 Å². The van der Waals surface area contributed by atoms with Crippen molar-refractivity contribution in [1.82, 2.24) is 25.3 Å². The molecule has 1 aromatic heterocycles. The van der Waals surface area contributed by atoms with Crippen LogP contribution in [-0.2, 0) is 0 Å². The summed E-state index contributed by atoms with van der Waals surface area (Å²) in [5, 5.41) is 6.99. The number of rotatable bonds is 10. The van der Waals surface area contributed by atoms with E-state index in [4.69, 9.17) is 9.41 Å². The van der Waals surface area contributed by atoms with Gasteiger partial charge in [0.05, 0.1) is 12.3 Å². The van der Waals surface area contributed by atoms with Crippen molar-refractivity contribution in [2.75, 3.05) is 72.0 Å². The van der Waals surface area contributed by atoms with Gasteiger partial charge in [-0.2, -0.15) is 0 Å². The molecule has 170 valence electrons. The van der Waals surface area contributed by atoms with Crippen LogP contribution in [0.4, 0.5) is 0 Å². The Morgan fingerprint density at radius 3 is 2.43 bits per heavy atom. The summed E-state index contributed by atoms with van der Waals surface area (Å²) in [6.45, 7) is 18.6. The fourth-order valence-electron chi connectivity index (χ4n) is 4.51. The Labute approximate surface area is 182 Å². The fourth-order valence-corrected chi connectivity index (χ4v) is 4.51. The Morgan fingerprint density at radius 1 is 1.07 bits per heavy atom. The maximum absolute atomic E-state index is 5.75. The second-order valence-corrected chi connectivity index (χ2v) is 8.71. The average Bonchev–Trinajstić information content (AvgIpc) is 3.48. The Hall–Kier alpha value is -1.57. The van der Waals surface area contributed by atoms with Crippen LogP contribution in [0.3, 0.4) is 0 Å². The van der Waals surface area contributed by atoms with Crippen LogP contribution in [0.25, 0.3) is 0 Å². The van der Waals surface area contributed by atoms with E-state index in [-0.39, 0.29) is 6.04 Å². The highest BCUT2D eigenvalue weighted by Crippen LogP contribution is 2.24. The van der Waals surface area contributed by atoms with Gasteiger partial charge >= 0.3 is 0 Å². The molecule has 0 amide bonds. The summed E-state index contributed by atoms with van der Waals surface area (Å²) >= 11 is 0. The van der Waals surface area contributed by atoms with Gasteiger partial charge in [0, 0.05) is 52.4 Å². The van der Waals surface area contributed by atoms with Crippen LogP contribution in [0.5, 0.6) is 0 Å². The normalized spacial score (nSPS) is 21.6. The number of nitrogens with one attached hydrogen (secondary N) is 2. The quantitative estimate of drug-likeness (QED) is 0.449. The summed E-state index contributed by atoms with van der Waals surface area (Å²) in [4.78, 5) is 12.5. The fraction of sp³-hybridized carbons (Fsp3) is 0.783. The van der Waals surface area contributed by atoms with Gasteiger partial charge in [-0.05, 0) is 57.5 Å². The summed E-state index contributed by atoms with van der Waals surface area (Å²) < 4.78 is 5.75. The van der Waals surface area contributed by atoms with Gasteiger partial charge in [-0.3, -0.25) is 9.89 Å². The van der Waals surface area contributed by atoms with Crippen molar-refractivity contribution >= 4 is 5.96 Å². The summed E-state index contributed by atoms with van der Waals surface area (Å²) in [5.41, 5.74) is 0. The lowest BCUT2D eigenvalue weighted by Crippen LogP contribution is -2.47. The van der Waals surface area contributed by atoms with E-state index >= 15 is 0 Å². The highest BCUT2D eigenvalue weighted by atomic mass is 16.3. The molecule has 2 aliphatic heterocycles. The number of likely N-dealkylation sites (tertiary alicyclic amines) is 1. The third-order valence-electron chi connectivity index (χ3n) is 6.30. The monoisotopic (exact) mass is 418 g/mol. The van der Waals surface area contributed by atoms with Crippen LogP contribution in [0, 0.1) is 5.92 Å². The zero-order valence-corrected chi connectivity index (χ0v) is 19.3. The molecule has 30 heavy (non-hydrogen) atoms. The Morgan fingerprint density at radius 2 is 1.80 bits per heavy atom. The maximum atomic E-state index is 5.75. The van der Waals surface area contributed by atoms with E-state index in [1.165, 1.54) is 45.6 Å². The summed E-state index contributed by atoms with van der Waals surface area (Å²) in [7, 11) is 0. The molecule has 3 heterocycles. The standard InChI is InChI=1S/C23H42N6O/c1-4-24-23(25-17-20(3)19-28-14-12-27(5-2)13-15-28)26-18-21(22-9-8-16-30-22)29-10-6-7-11-29/h8-9,16,20-21H,4-7,10-15,17-19H2,1-3H3,(H2,24,25,26). The molecule has 0 aromatic carbocycles. The van der Waals surface area contributed by atoms with Crippen molar-refractivity contribution in [1.29, 1.82) is 0 Å². The predicted molar refractivity (Wildman–Crippen MR) is 124 cm³/mol. The third kappa shape index (κ3) is 7.00. The lowest BCUT2D eigenvalue weighted by atomic mass is 10.1. The molecule has 2 fully saturated rings. The zero-order valence-electron chi connectivity index (χ0n) is 19.3.